The Kier molecular flexibility index (Phi) is 6.71. The predicted octanol–water partition coefficient (Wildman–Crippen LogP) is 4.02. The second-order valence-electron chi connectivity index (χ2n) is 6.91. The molecule has 0 radical (unpaired) electrons. The maximum Gasteiger partial charge on any atom is 0.262 e. The van der Waals surface area contributed by atoms with Crippen LogP contribution in [0.25, 0.3) is 0 Å². The van der Waals surface area contributed by atoms with Crippen LogP contribution in [0, 0.1) is 6.92 Å². The molecule has 8 heteroatoms. The van der Waals surface area contributed by atoms with Gasteiger partial charge in [-0.25, -0.2) is 8.42 Å². The lowest BCUT2D eigenvalue weighted by Gasteiger charge is -2.10. The van der Waals surface area contributed by atoms with Crippen LogP contribution < -0.4 is 14.8 Å². The number of hydrogen-bond acceptors (Lipinski definition) is 5. The molecule has 3 aromatic carbocycles. The van der Waals surface area contributed by atoms with Crippen molar-refractivity contribution in [1.29, 1.82) is 0 Å². The van der Waals surface area contributed by atoms with Gasteiger partial charge >= 0.3 is 0 Å². The highest BCUT2D eigenvalue weighted by molar-refractivity contribution is 7.92. The van der Waals surface area contributed by atoms with E-state index in [4.69, 9.17) is 4.74 Å². The average Bonchev–Trinajstić information content (AvgIpc) is 2.74. The third-order valence-electron chi connectivity index (χ3n) is 4.38. The molecule has 0 spiro atoms. The molecule has 0 aromatic heterocycles. The Morgan fingerprint density at radius 2 is 1.42 bits per heavy atom. The summed E-state index contributed by atoms with van der Waals surface area (Å²) in [6.45, 7) is 3.15. The molecule has 1 amide bonds. The van der Waals surface area contributed by atoms with Gasteiger partial charge < -0.3 is 10.1 Å². The quantitative estimate of drug-likeness (QED) is 0.518. The molecule has 0 aliphatic heterocycles. The number of carbonyl (C=O) groups is 2. The normalized spacial score (nSPS) is 10.9. The zero-order chi connectivity index (χ0) is 22.4. The van der Waals surface area contributed by atoms with Crippen LogP contribution in [0.4, 0.5) is 11.4 Å². The van der Waals surface area contributed by atoms with Crippen molar-refractivity contribution in [1.82, 2.24) is 0 Å². The summed E-state index contributed by atoms with van der Waals surface area (Å²) in [4.78, 5) is 23.5. The van der Waals surface area contributed by atoms with E-state index < -0.39 is 10.0 Å². The molecule has 0 atom stereocenters. The first-order valence-corrected chi connectivity index (χ1v) is 10.9. The monoisotopic (exact) mass is 438 g/mol. The van der Waals surface area contributed by atoms with Crippen molar-refractivity contribution in [3.63, 3.8) is 0 Å². The highest BCUT2D eigenvalue weighted by Gasteiger charge is 2.14. The highest BCUT2D eigenvalue weighted by Crippen LogP contribution is 2.19. The third-order valence-corrected chi connectivity index (χ3v) is 5.78. The Morgan fingerprint density at radius 1 is 0.839 bits per heavy atom. The number of benzene rings is 3. The van der Waals surface area contributed by atoms with Crippen LogP contribution in [0.3, 0.4) is 0 Å². The summed E-state index contributed by atoms with van der Waals surface area (Å²) >= 11 is 0. The highest BCUT2D eigenvalue weighted by atomic mass is 32.2. The number of amides is 1. The number of carbonyl (C=O) groups excluding carboxylic acids is 2. The molecule has 3 rings (SSSR count). The van der Waals surface area contributed by atoms with Gasteiger partial charge in [-0.2, -0.15) is 0 Å². The fraction of sp³-hybridized carbons (Fsp3) is 0.130. The van der Waals surface area contributed by atoms with Crippen LogP contribution in [0.15, 0.2) is 77.7 Å². The van der Waals surface area contributed by atoms with Crippen molar-refractivity contribution in [3.8, 4) is 5.75 Å². The summed E-state index contributed by atoms with van der Waals surface area (Å²) in [5.41, 5.74) is 2.41. The van der Waals surface area contributed by atoms with Crippen molar-refractivity contribution in [2.45, 2.75) is 18.7 Å². The van der Waals surface area contributed by atoms with Gasteiger partial charge in [0, 0.05) is 16.9 Å². The van der Waals surface area contributed by atoms with E-state index in [0.717, 1.165) is 5.56 Å². The summed E-state index contributed by atoms with van der Waals surface area (Å²) in [6, 6.07) is 19.3. The minimum Gasteiger partial charge on any atom is -0.484 e. The topological polar surface area (TPSA) is 102 Å². The van der Waals surface area contributed by atoms with E-state index in [1.165, 1.54) is 6.92 Å². The minimum atomic E-state index is -3.69. The summed E-state index contributed by atoms with van der Waals surface area (Å²) in [7, 11) is -3.69. The van der Waals surface area contributed by atoms with Crippen LogP contribution in [0.5, 0.6) is 5.75 Å². The fourth-order valence-electron chi connectivity index (χ4n) is 2.68. The standard InChI is InChI=1S/C23H22N2O5S/c1-16-3-13-22(14-4-16)31(28,29)25-20-9-7-19(8-10-20)24-23(27)15-30-21-11-5-18(6-12-21)17(2)26/h3-14,25H,15H2,1-2H3,(H,24,27). The fourth-order valence-corrected chi connectivity index (χ4v) is 3.74. The second kappa shape index (κ2) is 9.44. The number of nitrogens with one attached hydrogen (secondary N) is 2. The predicted molar refractivity (Wildman–Crippen MR) is 119 cm³/mol. The van der Waals surface area contributed by atoms with Gasteiger partial charge in [-0.1, -0.05) is 17.7 Å². The zero-order valence-corrected chi connectivity index (χ0v) is 17.9. The summed E-state index contributed by atoms with van der Waals surface area (Å²) in [6.07, 6.45) is 0. The molecule has 7 nitrogen and oxygen atoms in total. The minimum absolute atomic E-state index is 0.0473. The van der Waals surface area contributed by atoms with Crippen LogP contribution in [-0.2, 0) is 14.8 Å². The van der Waals surface area contributed by atoms with Gasteiger partial charge in [0.15, 0.2) is 12.4 Å². The number of rotatable bonds is 8. The molecule has 2 N–H and O–H groups in total. The molecule has 160 valence electrons. The smallest absolute Gasteiger partial charge is 0.262 e. The number of anilines is 2. The van der Waals surface area contributed by atoms with E-state index in [1.54, 1.807) is 72.8 Å². The van der Waals surface area contributed by atoms with Crippen molar-refractivity contribution in [2.75, 3.05) is 16.6 Å². The van der Waals surface area contributed by atoms with Crippen molar-refractivity contribution in [2.24, 2.45) is 0 Å². The molecular weight excluding hydrogens is 416 g/mol. The van der Waals surface area contributed by atoms with E-state index in [2.05, 4.69) is 10.0 Å². The van der Waals surface area contributed by atoms with Crippen LogP contribution in [-0.4, -0.2) is 26.7 Å². The lowest BCUT2D eigenvalue weighted by Crippen LogP contribution is -2.20. The summed E-state index contributed by atoms with van der Waals surface area (Å²) < 4.78 is 32.8. The molecule has 0 aliphatic rings. The van der Waals surface area contributed by atoms with E-state index in [1.807, 2.05) is 6.92 Å². The molecule has 31 heavy (non-hydrogen) atoms. The third kappa shape index (κ3) is 6.16. The van der Waals surface area contributed by atoms with Crippen LogP contribution in [0.1, 0.15) is 22.8 Å². The van der Waals surface area contributed by atoms with Gasteiger partial charge in [0.05, 0.1) is 4.90 Å². The first-order chi connectivity index (χ1) is 14.7. The van der Waals surface area contributed by atoms with Gasteiger partial charge in [0.1, 0.15) is 5.75 Å². The molecule has 0 saturated carbocycles. The first kappa shape index (κ1) is 22.0. The number of ether oxygens (including phenoxy) is 1. The van der Waals surface area contributed by atoms with E-state index in [0.29, 0.717) is 22.7 Å². The maximum atomic E-state index is 12.4. The van der Waals surface area contributed by atoms with Gasteiger partial charge in [-0.3, -0.25) is 14.3 Å². The maximum absolute atomic E-state index is 12.4. The Balaban J connectivity index is 1.54. The number of hydrogen-bond donors (Lipinski definition) is 2. The number of ketones is 1. The van der Waals surface area contributed by atoms with E-state index in [9.17, 15) is 18.0 Å². The van der Waals surface area contributed by atoms with Gasteiger partial charge in [-0.05, 0) is 74.5 Å². The molecule has 0 saturated heterocycles. The summed E-state index contributed by atoms with van der Waals surface area (Å²) in [5, 5.41) is 2.67. The largest absolute Gasteiger partial charge is 0.484 e. The Labute approximate surface area is 181 Å². The molecule has 0 aliphatic carbocycles. The number of aryl methyl sites for hydroxylation is 1. The lowest BCUT2D eigenvalue weighted by molar-refractivity contribution is -0.118. The van der Waals surface area contributed by atoms with Crippen molar-refractivity contribution >= 4 is 33.1 Å². The number of Topliss-reactive ketones (excluding diaryl/α,β-unsaturated/α-hetero) is 1. The van der Waals surface area contributed by atoms with E-state index >= 15 is 0 Å². The second-order valence-corrected chi connectivity index (χ2v) is 8.60. The van der Waals surface area contributed by atoms with Gasteiger partial charge in [0.25, 0.3) is 15.9 Å². The Hall–Kier alpha value is -3.65. The molecular formula is C23H22N2O5S. The SMILES string of the molecule is CC(=O)c1ccc(OCC(=O)Nc2ccc(NS(=O)(=O)c3ccc(C)cc3)cc2)cc1. The molecule has 3 aromatic rings. The summed E-state index contributed by atoms with van der Waals surface area (Å²) in [5.74, 6) is 0.0542. The van der Waals surface area contributed by atoms with Crippen molar-refractivity contribution < 1.29 is 22.7 Å². The molecule has 0 heterocycles. The van der Waals surface area contributed by atoms with Crippen LogP contribution >= 0.6 is 0 Å². The Bertz CT molecular complexity index is 1170. The molecule has 0 bridgehead atoms. The van der Waals surface area contributed by atoms with Crippen LogP contribution in [0.2, 0.25) is 0 Å². The lowest BCUT2D eigenvalue weighted by atomic mass is 10.1. The average molecular weight is 439 g/mol. The Morgan fingerprint density at radius 3 is 2.00 bits per heavy atom. The van der Waals surface area contributed by atoms with Crippen molar-refractivity contribution in [3.05, 3.63) is 83.9 Å². The zero-order valence-electron chi connectivity index (χ0n) is 17.1. The molecule has 0 unspecified atom stereocenters. The van der Waals surface area contributed by atoms with Gasteiger partial charge in [-0.15, -0.1) is 0 Å². The number of sulfonamides is 1. The van der Waals surface area contributed by atoms with Gasteiger partial charge in [0.2, 0.25) is 0 Å². The van der Waals surface area contributed by atoms with E-state index in [-0.39, 0.29) is 23.2 Å². The first-order valence-electron chi connectivity index (χ1n) is 9.46. The molecule has 0 fully saturated rings.